The summed E-state index contributed by atoms with van der Waals surface area (Å²) in [4.78, 5) is 22.3. The number of aryl methyl sites for hydroxylation is 1. The van der Waals surface area contributed by atoms with E-state index in [2.05, 4.69) is 15.5 Å². The largest absolute Gasteiger partial charge is 0.481 e. The van der Waals surface area contributed by atoms with Gasteiger partial charge in [-0.1, -0.05) is 12.1 Å². The van der Waals surface area contributed by atoms with Gasteiger partial charge < -0.3 is 10.4 Å². The van der Waals surface area contributed by atoms with Crippen molar-refractivity contribution in [3.8, 4) is 0 Å². The number of carboxylic acids is 1. The van der Waals surface area contributed by atoms with Crippen molar-refractivity contribution in [2.45, 2.75) is 13.3 Å². The predicted molar refractivity (Wildman–Crippen MR) is 69.1 cm³/mol. The zero-order valence-electron chi connectivity index (χ0n) is 10.3. The van der Waals surface area contributed by atoms with Crippen molar-refractivity contribution in [2.24, 2.45) is 0 Å². The van der Waals surface area contributed by atoms with Crippen molar-refractivity contribution in [1.82, 2.24) is 10.2 Å². The van der Waals surface area contributed by atoms with E-state index in [1.165, 1.54) is 0 Å². The van der Waals surface area contributed by atoms with Crippen LogP contribution < -0.4 is 5.32 Å². The van der Waals surface area contributed by atoms with Crippen LogP contribution in [0.4, 0.5) is 5.69 Å². The molecule has 0 bridgehead atoms. The lowest BCUT2D eigenvalue weighted by Crippen LogP contribution is -2.12. The average Bonchev–Trinajstić information content (AvgIpc) is 2.78. The molecule has 0 radical (unpaired) electrons. The van der Waals surface area contributed by atoms with Crippen molar-refractivity contribution >= 4 is 17.6 Å². The Morgan fingerprint density at radius 1 is 1.32 bits per heavy atom. The molecule has 0 atom stereocenters. The number of aliphatic carboxylic acids is 1. The maximum Gasteiger partial charge on any atom is 0.307 e. The summed E-state index contributed by atoms with van der Waals surface area (Å²) in [5.41, 5.74) is 2.40. The van der Waals surface area contributed by atoms with Gasteiger partial charge >= 0.3 is 5.97 Å². The Bertz CT molecular complexity index is 602. The van der Waals surface area contributed by atoms with E-state index in [-0.39, 0.29) is 12.3 Å². The fraction of sp³-hybridized carbons (Fsp3) is 0.154. The Morgan fingerprint density at radius 2 is 2.00 bits per heavy atom. The third kappa shape index (κ3) is 3.41. The molecule has 6 nitrogen and oxygen atoms in total. The number of amides is 1. The Balaban J connectivity index is 2.03. The van der Waals surface area contributed by atoms with Gasteiger partial charge in [0, 0.05) is 11.4 Å². The molecule has 98 valence electrons. The van der Waals surface area contributed by atoms with E-state index in [4.69, 9.17) is 5.11 Å². The topological polar surface area (TPSA) is 95.1 Å². The maximum absolute atomic E-state index is 11.8. The smallest absolute Gasteiger partial charge is 0.307 e. The molecular weight excluding hydrogens is 246 g/mol. The highest BCUT2D eigenvalue weighted by Crippen LogP contribution is 2.11. The second-order valence-electron chi connectivity index (χ2n) is 4.16. The van der Waals surface area contributed by atoms with Crippen LogP contribution in [0.2, 0.25) is 0 Å². The minimum atomic E-state index is -0.885. The van der Waals surface area contributed by atoms with Crippen molar-refractivity contribution in [2.75, 3.05) is 5.32 Å². The highest BCUT2D eigenvalue weighted by Gasteiger charge is 2.09. The average molecular weight is 259 g/mol. The van der Waals surface area contributed by atoms with E-state index in [0.717, 1.165) is 5.69 Å². The van der Waals surface area contributed by atoms with Gasteiger partial charge in [0.25, 0.3) is 5.91 Å². The normalized spacial score (nSPS) is 10.2. The molecule has 1 heterocycles. The van der Waals surface area contributed by atoms with Gasteiger partial charge in [0.05, 0.1) is 6.42 Å². The van der Waals surface area contributed by atoms with E-state index < -0.39 is 5.97 Å². The summed E-state index contributed by atoms with van der Waals surface area (Å²) >= 11 is 0. The van der Waals surface area contributed by atoms with Crippen molar-refractivity contribution in [3.63, 3.8) is 0 Å². The van der Waals surface area contributed by atoms with E-state index >= 15 is 0 Å². The predicted octanol–water partition coefficient (Wildman–Crippen LogP) is 1.60. The molecule has 6 heteroatoms. The summed E-state index contributed by atoms with van der Waals surface area (Å²) in [5, 5.41) is 17.9. The Hall–Kier alpha value is -2.63. The summed E-state index contributed by atoms with van der Waals surface area (Å²) in [6, 6.07) is 8.30. The number of carbonyl (C=O) groups is 2. The summed E-state index contributed by atoms with van der Waals surface area (Å²) < 4.78 is 0. The molecule has 0 saturated heterocycles. The van der Waals surface area contributed by atoms with Gasteiger partial charge in [0.1, 0.15) is 0 Å². The van der Waals surface area contributed by atoms with Crippen LogP contribution in [-0.4, -0.2) is 27.2 Å². The molecule has 1 aromatic carbocycles. The highest BCUT2D eigenvalue weighted by atomic mass is 16.4. The van der Waals surface area contributed by atoms with E-state index in [1.807, 2.05) is 6.92 Å². The maximum atomic E-state index is 11.8. The van der Waals surface area contributed by atoms with Gasteiger partial charge in [0.15, 0.2) is 5.69 Å². The first-order valence-corrected chi connectivity index (χ1v) is 5.68. The molecule has 2 rings (SSSR count). The molecule has 2 aromatic rings. The second-order valence-corrected chi connectivity index (χ2v) is 4.16. The lowest BCUT2D eigenvalue weighted by Gasteiger charge is -2.04. The molecule has 1 aromatic heterocycles. The summed E-state index contributed by atoms with van der Waals surface area (Å²) in [6.07, 6.45) is -0.0349. The van der Waals surface area contributed by atoms with Crippen molar-refractivity contribution in [1.29, 1.82) is 0 Å². The van der Waals surface area contributed by atoms with Gasteiger partial charge in [-0.15, -0.1) is 0 Å². The molecule has 0 aliphatic carbocycles. The number of rotatable bonds is 4. The standard InChI is InChI=1S/C13H13N3O3/c1-8-6-11(16-15-8)13(19)14-10-4-2-9(3-5-10)7-12(17)18/h2-6H,7H2,1H3,(H,14,19)(H,15,16)(H,17,18). The first-order chi connectivity index (χ1) is 9.04. The Labute approximate surface area is 109 Å². The summed E-state index contributed by atoms with van der Waals surface area (Å²) in [6.45, 7) is 1.81. The zero-order valence-corrected chi connectivity index (χ0v) is 10.3. The number of carbonyl (C=O) groups excluding carboxylic acids is 1. The minimum absolute atomic E-state index is 0.0349. The lowest BCUT2D eigenvalue weighted by molar-refractivity contribution is -0.136. The van der Waals surface area contributed by atoms with Gasteiger partial charge in [-0.3, -0.25) is 14.7 Å². The van der Waals surface area contributed by atoms with Gasteiger partial charge in [-0.2, -0.15) is 5.10 Å². The van der Waals surface area contributed by atoms with Crippen LogP contribution in [0.25, 0.3) is 0 Å². The van der Waals surface area contributed by atoms with Crippen LogP contribution in [0, 0.1) is 6.92 Å². The molecule has 0 saturated carbocycles. The van der Waals surface area contributed by atoms with E-state index in [1.54, 1.807) is 30.3 Å². The Kier molecular flexibility index (Phi) is 3.61. The zero-order chi connectivity index (χ0) is 13.8. The molecule has 1 amide bonds. The van der Waals surface area contributed by atoms with Crippen LogP contribution in [0.1, 0.15) is 21.7 Å². The van der Waals surface area contributed by atoms with Gasteiger partial charge in [-0.25, -0.2) is 0 Å². The van der Waals surface area contributed by atoms with Crippen LogP contribution in [-0.2, 0) is 11.2 Å². The fourth-order valence-corrected chi connectivity index (χ4v) is 1.61. The monoisotopic (exact) mass is 259 g/mol. The second kappa shape index (κ2) is 5.34. The number of H-pyrrole nitrogens is 1. The lowest BCUT2D eigenvalue weighted by atomic mass is 10.1. The number of benzene rings is 1. The fourth-order valence-electron chi connectivity index (χ4n) is 1.61. The van der Waals surface area contributed by atoms with E-state index in [0.29, 0.717) is 16.9 Å². The van der Waals surface area contributed by atoms with Gasteiger partial charge in [-0.05, 0) is 30.7 Å². The number of aromatic amines is 1. The molecule has 0 aliphatic heterocycles. The molecule has 0 fully saturated rings. The van der Waals surface area contributed by atoms with Crippen LogP contribution in [0.3, 0.4) is 0 Å². The molecule has 0 spiro atoms. The Morgan fingerprint density at radius 3 is 2.53 bits per heavy atom. The summed E-state index contributed by atoms with van der Waals surface area (Å²) in [7, 11) is 0. The number of nitrogens with one attached hydrogen (secondary N) is 2. The van der Waals surface area contributed by atoms with Crippen LogP contribution in [0.5, 0.6) is 0 Å². The van der Waals surface area contributed by atoms with Crippen LogP contribution >= 0.6 is 0 Å². The number of nitrogens with zero attached hydrogens (tertiary/aromatic N) is 1. The van der Waals surface area contributed by atoms with E-state index in [9.17, 15) is 9.59 Å². The molecule has 0 aliphatic rings. The quantitative estimate of drug-likeness (QED) is 0.777. The highest BCUT2D eigenvalue weighted by molar-refractivity contribution is 6.02. The molecule has 19 heavy (non-hydrogen) atoms. The number of hydrogen-bond donors (Lipinski definition) is 3. The number of aromatic nitrogens is 2. The number of carboxylic acid groups (broad SMARTS) is 1. The number of hydrogen-bond acceptors (Lipinski definition) is 3. The van der Waals surface area contributed by atoms with Crippen LogP contribution in [0.15, 0.2) is 30.3 Å². The third-order valence-electron chi connectivity index (χ3n) is 2.51. The van der Waals surface area contributed by atoms with Gasteiger partial charge in [0.2, 0.25) is 0 Å². The SMILES string of the molecule is Cc1cc(C(=O)Nc2ccc(CC(=O)O)cc2)n[nH]1. The molecule has 3 N–H and O–H groups in total. The molecular formula is C13H13N3O3. The number of anilines is 1. The van der Waals surface area contributed by atoms with Crippen molar-refractivity contribution in [3.05, 3.63) is 47.3 Å². The molecule has 0 unspecified atom stereocenters. The van der Waals surface area contributed by atoms with Crippen molar-refractivity contribution < 1.29 is 14.7 Å². The minimum Gasteiger partial charge on any atom is -0.481 e. The summed E-state index contributed by atoms with van der Waals surface area (Å²) in [5.74, 6) is -1.20. The first-order valence-electron chi connectivity index (χ1n) is 5.68. The first kappa shape index (κ1) is 12.8. The third-order valence-corrected chi connectivity index (χ3v) is 2.51.